The number of hydrogen-bond donors (Lipinski definition) is 2. The summed E-state index contributed by atoms with van der Waals surface area (Å²) in [5.74, 6) is 7.32. The molecule has 3 N–H and O–H groups in total. The highest BCUT2D eigenvalue weighted by Gasteiger charge is 2.21. The minimum Gasteiger partial charge on any atom is -0.271 e. The third-order valence-electron chi connectivity index (χ3n) is 3.96. The van der Waals surface area contributed by atoms with E-state index in [0.29, 0.717) is 6.04 Å². The monoisotopic (exact) mass is 212 g/mol. The van der Waals surface area contributed by atoms with Gasteiger partial charge in [-0.05, 0) is 24.7 Å². The summed E-state index contributed by atoms with van der Waals surface area (Å²) in [6, 6.07) is 0.535. The molecule has 0 amide bonds. The van der Waals surface area contributed by atoms with Crippen LogP contribution in [0.3, 0.4) is 0 Å². The van der Waals surface area contributed by atoms with Crippen molar-refractivity contribution in [1.82, 2.24) is 5.43 Å². The number of nitrogens with one attached hydrogen (secondary N) is 1. The van der Waals surface area contributed by atoms with Gasteiger partial charge in [0.1, 0.15) is 0 Å². The van der Waals surface area contributed by atoms with E-state index in [-0.39, 0.29) is 0 Å². The van der Waals surface area contributed by atoms with Crippen LogP contribution in [0.1, 0.15) is 65.2 Å². The summed E-state index contributed by atoms with van der Waals surface area (Å²) < 4.78 is 0. The van der Waals surface area contributed by atoms with Crippen molar-refractivity contribution < 1.29 is 0 Å². The Labute approximate surface area is 95.0 Å². The van der Waals surface area contributed by atoms with Crippen molar-refractivity contribution in [3.05, 3.63) is 0 Å². The fraction of sp³-hybridized carbons (Fsp3) is 1.00. The summed E-state index contributed by atoms with van der Waals surface area (Å²) >= 11 is 0. The number of rotatable bonds is 6. The minimum absolute atomic E-state index is 0.535. The lowest BCUT2D eigenvalue weighted by Gasteiger charge is -2.29. The van der Waals surface area contributed by atoms with E-state index in [0.717, 1.165) is 11.8 Å². The molecule has 1 fully saturated rings. The summed E-state index contributed by atoms with van der Waals surface area (Å²) in [7, 11) is 0. The van der Waals surface area contributed by atoms with Crippen LogP contribution in [0.5, 0.6) is 0 Å². The van der Waals surface area contributed by atoms with Crippen LogP contribution in [-0.4, -0.2) is 6.04 Å². The van der Waals surface area contributed by atoms with Crippen molar-refractivity contribution in [2.24, 2.45) is 17.7 Å². The van der Waals surface area contributed by atoms with Crippen LogP contribution in [0.25, 0.3) is 0 Å². The molecule has 2 nitrogen and oxygen atoms in total. The first-order valence-corrected chi connectivity index (χ1v) is 6.74. The zero-order valence-corrected chi connectivity index (χ0v) is 10.5. The largest absolute Gasteiger partial charge is 0.271 e. The highest BCUT2D eigenvalue weighted by atomic mass is 15.2. The first-order chi connectivity index (χ1) is 7.27. The van der Waals surface area contributed by atoms with Crippen LogP contribution in [0.4, 0.5) is 0 Å². The quantitative estimate of drug-likeness (QED) is 0.524. The fourth-order valence-corrected chi connectivity index (χ4v) is 2.90. The molecule has 1 saturated carbocycles. The second-order valence-corrected chi connectivity index (χ2v) is 5.28. The average Bonchev–Trinajstić information content (AvgIpc) is 2.27. The van der Waals surface area contributed by atoms with Crippen molar-refractivity contribution in [2.45, 2.75) is 71.3 Å². The Morgan fingerprint density at radius 2 is 1.93 bits per heavy atom. The highest BCUT2D eigenvalue weighted by molar-refractivity contribution is 4.77. The lowest BCUT2D eigenvalue weighted by Crippen LogP contribution is -2.41. The molecular weight excluding hydrogens is 184 g/mol. The Morgan fingerprint density at radius 3 is 2.47 bits per heavy atom. The Balaban J connectivity index is 2.30. The van der Waals surface area contributed by atoms with Gasteiger partial charge in [-0.2, -0.15) is 0 Å². The Morgan fingerprint density at radius 1 is 1.27 bits per heavy atom. The molecule has 2 atom stereocenters. The summed E-state index contributed by atoms with van der Waals surface area (Å²) in [4.78, 5) is 0. The maximum Gasteiger partial charge on any atom is 0.0238 e. The van der Waals surface area contributed by atoms with Gasteiger partial charge < -0.3 is 0 Å². The number of hydrazine groups is 1. The van der Waals surface area contributed by atoms with E-state index in [9.17, 15) is 0 Å². The normalized spacial score (nSPS) is 22.6. The summed E-state index contributed by atoms with van der Waals surface area (Å²) in [5.41, 5.74) is 3.03. The third kappa shape index (κ3) is 4.52. The predicted octanol–water partition coefficient (Wildman–Crippen LogP) is 3.22. The van der Waals surface area contributed by atoms with E-state index in [1.54, 1.807) is 0 Å². The van der Waals surface area contributed by atoms with E-state index >= 15 is 0 Å². The standard InChI is InChI=1S/C13H28N2/c1-3-7-11(2)13(15-14)10-12-8-5-4-6-9-12/h11-13,15H,3-10,14H2,1-2H3. The molecule has 1 rings (SSSR count). The summed E-state index contributed by atoms with van der Waals surface area (Å²) in [6.07, 6.45) is 11.0. The maximum absolute atomic E-state index is 5.67. The molecular formula is C13H28N2. The number of nitrogens with two attached hydrogens (primary N) is 1. The van der Waals surface area contributed by atoms with Crippen molar-refractivity contribution in [3.63, 3.8) is 0 Å². The van der Waals surface area contributed by atoms with E-state index in [1.807, 2.05) is 0 Å². The van der Waals surface area contributed by atoms with Gasteiger partial charge in [0.25, 0.3) is 0 Å². The van der Waals surface area contributed by atoms with Gasteiger partial charge in [-0.25, -0.2) is 0 Å². The van der Waals surface area contributed by atoms with Crippen LogP contribution in [0, 0.1) is 11.8 Å². The molecule has 0 heterocycles. The zero-order chi connectivity index (χ0) is 11.1. The van der Waals surface area contributed by atoms with Gasteiger partial charge in [0, 0.05) is 6.04 Å². The average molecular weight is 212 g/mol. The van der Waals surface area contributed by atoms with Crippen LogP contribution in [0.2, 0.25) is 0 Å². The Bertz CT molecular complexity index is 153. The van der Waals surface area contributed by atoms with Gasteiger partial charge in [-0.1, -0.05) is 52.4 Å². The lowest BCUT2D eigenvalue weighted by molar-refractivity contribution is 0.252. The number of hydrogen-bond acceptors (Lipinski definition) is 2. The molecule has 0 aromatic carbocycles. The second-order valence-electron chi connectivity index (χ2n) is 5.28. The molecule has 0 radical (unpaired) electrons. The molecule has 0 aromatic rings. The zero-order valence-electron chi connectivity index (χ0n) is 10.5. The smallest absolute Gasteiger partial charge is 0.0238 e. The molecule has 90 valence electrons. The molecule has 1 aliphatic carbocycles. The summed E-state index contributed by atoms with van der Waals surface area (Å²) in [5, 5.41) is 0. The predicted molar refractivity (Wildman–Crippen MR) is 66.4 cm³/mol. The van der Waals surface area contributed by atoms with Crippen LogP contribution in [-0.2, 0) is 0 Å². The van der Waals surface area contributed by atoms with Crippen LogP contribution in [0.15, 0.2) is 0 Å². The first-order valence-electron chi connectivity index (χ1n) is 6.74. The molecule has 2 unspecified atom stereocenters. The van der Waals surface area contributed by atoms with Crippen molar-refractivity contribution in [2.75, 3.05) is 0 Å². The van der Waals surface area contributed by atoms with Gasteiger partial charge in [-0.3, -0.25) is 11.3 Å². The fourth-order valence-electron chi connectivity index (χ4n) is 2.90. The van der Waals surface area contributed by atoms with Gasteiger partial charge in [-0.15, -0.1) is 0 Å². The second kappa shape index (κ2) is 7.24. The molecule has 0 bridgehead atoms. The van der Waals surface area contributed by atoms with Gasteiger partial charge in [0.15, 0.2) is 0 Å². The van der Waals surface area contributed by atoms with Crippen molar-refractivity contribution in [3.8, 4) is 0 Å². The lowest BCUT2D eigenvalue weighted by atomic mass is 9.81. The van der Waals surface area contributed by atoms with Gasteiger partial charge in [0.05, 0.1) is 0 Å². The Hall–Kier alpha value is -0.0800. The summed E-state index contributed by atoms with van der Waals surface area (Å²) in [6.45, 7) is 4.58. The highest BCUT2D eigenvalue weighted by Crippen LogP contribution is 2.29. The first kappa shape index (κ1) is 13.0. The molecule has 1 aliphatic rings. The van der Waals surface area contributed by atoms with Crippen molar-refractivity contribution in [1.29, 1.82) is 0 Å². The minimum atomic E-state index is 0.535. The van der Waals surface area contributed by atoms with E-state index in [2.05, 4.69) is 19.3 Å². The van der Waals surface area contributed by atoms with E-state index in [4.69, 9.17) is 5.84 Å². The molecule has 15 heavy (non-hydrogen) atoms. The van der Waals surface area contributed by atoms with Gasteiger partial charge >= 0.3 is 0 Å². The molecule has 0 spiro atoms. The van der Waals surface area contributed by atoms with E-state index in [1.165, 1.54) is 51.4 Å². The molecule has 0 aliphatic heterocycles. The SMILES string of the molecule is CCCC(C)C(CC1CCCCC1)NN. The maximum atomic E-state index is 5.67. The molecule has 0 saturated heterocycles. The topological polar surface area (TPSA) is 38.0 Å². The Kier molecular flexibility index (Phi) is 6.26. The third-order valence-corrected chi connectivity index (χ3v) is 3.96. The molecule has 2 heteroatoms. The van der Waals surface area contributed by atoms with Crippen molar-refractivity contribution >= 4 is 0 Å². The van der Waals surface area contributed by atoms with Crippen LogP contribution < -0.4 is 11.3 Å². The van der Waals surface area contributed by atoms with Crippen LogP contribution >= 0.6 is 0 Å². The molecule has 0 aromatic heterocycles. The van der Waals surface area contributed by atoms with Gasteiger partial charge in [0.2, 0.25) is 0 Å². The van der Waals surface area contributed by atoms with E-state index < -0.39 is 0 Å².